The molecule has 3 aromatic rings. The fraction of sp³-hybridized carbons (Fsp3) is 0.360. The number of ether oxygens (including phenoxy) is 1. The van der Waals surface area contributed by atoms with Gasteiger partial charge in [0, 0.05) is 33.6 Å². The molecule has 0 radical (unpaired) electrons. The van der Waals surface area contributed by atoms with Crippen molar-refractivity contribution in [2.45, 2.75) is 45.6 Å². The third-order valence-electron chi connectivity index (χ3n) is 5.80. The average molecular weight is 423 g/mol. The van der Waals surface area contributed by atoms with Crippen molar-refractivity contribution >= 4 is 28.4 Å². The lowest BCUT2D eigenvalue weighted by Crippen LogP contribution is -2.37. The maximum absolute atomic E-state index is 12.8. The molecule has 0 saturated heterocycles. The first-order chi connectivity index (χ1) is 14.5. The smallest absolute Gasteiger partial charge is 0.251 e. The molecule has 1 N–H and O–H groups in total. The summed E-state index contributed by atoms with van der Waals surface area (Å²) < 4.78 is 5.90. The van der Waals surface area contributed by atoms with Crippen LogP contribution in [0, 0.1) is 5.92 Å². The summed E-state index contributed by atoms with van der Waals surface area (Å²) in [6.45, 7) is 4.76. The standard InChI is InChI=1S/C25H27ClN2O2/c1-3-30-24-15-23(17-5-4-6-19(26)13-17)28-22-12-9-18(14-21(22)24)25(29)27-20-10-7-16(2)8-11-20/h4-6,9,12-16,20H,3,7-8,10-11H2,1-2H3,(H,27,29). The maximum atomic E-state index is 12.8. The molecule has 1 saturated carbocycles. The molecule has 4 nitrogen and oxygen atoms in total. The lowest BCUT2D eigenvalue weighted by Gasteiger charge is -2.27. The zero-order valence-electron chi connectivity index (χ0n) is 17.5. The molecule has 0 unspecified atom stereocenters. The second-order valence-corrected chi connectivity index (χ2v) is 8.55. The van der Waals surface area contributed by atoms with E-state index < -0.39 is 0 Å². The quantitative estimate of drug-likeness (QED) is 0.527. The number of pyridine rings is 1. The number of benzene rings is 2. The van der Waals surface area contributed by atoms with Crippen molar-refractivity contribution in [2.24, 2.45) is 5.92 Å². The maximum Gasteiger partial charge on any atom is 0.251 e. The summed E-state index contributed by atoms with van der Waals surface area (Å²) in [5.41, 5.74) is 3.15. The Kier molecular flexibility index (Phi) is 6.24. The number of carbonyl (C=O) groups is 1. The van der Waals surface area contributed by atoms with Crippen LogP contribution in [0.5, 0.6) is 5.75 Å². The Hall–Kier alpha value is -2.59. The Balaban J connectivity index is 1.65. The number of nitrogens with zero attached hydrogens (tertiary/aromatic N) is 1. The molecule has 156 valence electrons. The van der Waals surface area contributed by atoms with Crippen molar-refractivity contribution in [1.82, 2.24) is 10.3 Å². The van der Waals surface area contributed by atoms with Crippen LogP contribution in [-0.2, 0) is 0 Å². The van der Waals surface area contributed by atoms with Gasteiger partial charge in [0.05, 0.1) is 17.8 Å². The van der Waals surface area contributed by atoms with Gasteiger partial charge in [0.2, 0.25) is 0 Å². The summed E-state index contributed by atoms with van der Waals surface area (Å²) in [6, 6.07) is 15.4. The van der Waals surface area contributed by atoms with Gasteiger partial charge >= 0.3 is 0 Å². The first-order valence-corrected chi connectivity index (χ1v) is 11.1. The number of rotatable bonds is 5. The molecule has 1 fully saturated rings. The molecule has 30 heavy (non-hydrogen) atoms. The molecule has 4 rings (SSSR count). The molecule has 1 heterocycles. The van der Waals surface area contributed by atoms with Crippen molar-refractivity contribution in [3.8, 4) is 17.0 Å². The van der Waals surface area contributed by atoms with E-state index in [1.165, 1.54) is 12.8 Å². The van der Waals surface area contributed by atoms with Gasteiger partial charge in [0.25, 0.3) is 5.91 Å². The number of amides is 1. The van der Waals surface area contributed by atoms with Crippen LogP contribution in [0.3, 0.4) is 0 Å². The van der Waals surface area contributed by atoms with Crippen molar-refractivity contribution in [1.29, 1.82) is 0 Å². The zero-order chi connectivity index (χ0) is 21.1. The fourth-order valence-electron chi connectivity index (χ4n) is 4.08. The molecule has 1 amide bonds. The molecule has 2 aromatic carbocycles. The highest BCUT2D eigenvalue weighted by Gasteiger charge is 2.21. The van der Waals surface area contributed by atoms with E-state index in [9.17, 15) is 4.79 Å². The third kappa shape index (κ3) is 4.59. The molecular weight excluding hydrogens is 396 g/mol. The van der Waals surface area contributed by atoms with Crippen LogP contribution in [0.25, 0.3) is 22.2 Å². The Morgan fingerprint density at radius 1 is 1.13 bits per heavy atom. The van der Waals surface area contributed by atoms with Gasteiger partial charge in [0.15, 0.2) is 0 Å². The number of carbonyl (C=O) groups excluding carboxylic acids is 1. The van der Waals surface area contributed by atoms with Gasteiger partial charge in [-0.15, -0.1) is 0 Å². The zero-order valence-corrected chi connectivity index (χ0v) is 18.2. The van der Waals surface area contributed by atoms with Crippen LogP contribution in [0.2, 0.25) is 5.02 Å². The Labute approximate surface area is 182 Å². The van der Waals surface area contributed by atoms with Gasteiger partial charge < -0.3 is 10.1 Å². The van der Waals surface area contributed by atoms with E-state index in [2.05, 4.69) is 12.2 Å². The van der Waals surface area contributed by atoms with E-state index in [-0.39, 0.29) is 11.9 Å². The number of nitrogens with one attached hydrogen (secondary N) is 1. The number of hydrogen-bond donors (Lipinski definition) is 1. The topological polar surface area (TPSA) is 51.2 Å². The van der Waals surface area contributed by atoms with Gasteiger partial charge in [-0.3, -0.25) is 4.79 Å². The van der Waals surface area contributed by atoms with Crippen molar-refractivity contribution in [2.75, 3.05) is 6.61 Å². The van der Waals surface area contributed by atoms with Crippen LogP contribution < -0.4 is 10.1 Å². The van der Waals surface area contributed by atoms with Gasteiger partial charge in [0.1, 0.15) is 5.75 Å². The highest BCUT2D eigenvalue weighted by molar-refractivity contribution is 6.30. The summed E-state index contributed by atoms with van der Waals surface area (Å²) in [7, 11) is 0. The lowest BCUT2D eigenvalue weighted by atomic mass is 9.87. The number of hydrogen-bond acceptors (Lipinski definition) is 3. The predicted octanol–water partition coefficient (Wildman–Crippen LogP) is 6.26. The van der Waals surface area contributed by atoms with Crippen LogP contribution in [0.15, 0.2) is 48.5 Å². The minimum atomic E-state index is -0.0298. The molecule has 0 bridgehead atoms. The average Bonchev–Trinajstić information content (AvgIpc) is 2.75. The molecule has 0 atom stereocenters. The molecule has 5 heteroatoms. The van der Waals surface area contributed by atoms with Crippen LogP contribution >= 0.6 is 11.6 Å². The van der Waals surface area contributed by atoms with Crippen molar-refractivity contribution < 1.29 is 9.53 Å². The summed E-state index contributed by atoms with van der Waals surface area (Å²) in [4.78, 5) is 17.6. The summed E-state index contributed by atoms with van der Waals surface area (Å²) in [6.07, 6.45) is 4.45. The first-order valence-electron chi connectivity index (χ1n) is 10.7. The molecule has 0 spiro atoms. The van der Waals surface area contributed by atoms with E-state index in [0.29, 0.717) is 17.2 Å². The van der Waals surface area contributed by atoms with Crippen molar-refractivity contribution in [3.63, 3.8) is 0 Å². The molecule has 1 aromatic heterocycles. The van der Waals surface area contributed by atoms with E-state index in [1.807, 2.05) is 55.5 Å². The largest absolute Gasteiger partial charge is 0.493 e. The number of aromatic nitrogens is 1. The molecule has 0 aliphatic heterocycles. The van der Waals surface area contributed by atoms with Crippen LogP contribution in [0.1, 0.15) is 49.9 Å². The van der Waals surface area contributed by atoms with E-state index in [4.69, 9.17) is 21.3 Å². The van der Waals surface area contributed by atoms with E-state index >= 15 is 0 Å². The second-order valence-electron chi connectivity index (χ2n) is 8.11. The third-order valence-corrected chi connectivity index (χ3v) is 6.04. The first kappa shape index (κ1) is 20.7. The lowest BCUT2D eigenvalue weighted by molar-refractivity contribution is 0.0923. The van der Waals surface area contributed by atoms with Gasteiger partial charge in [-0.25, -0.2) is 4.98 Å². The van der Waals surface area contributed by atoms with Gasteiger partial charge in [-0.1, -0.05) is 30.7 Å². The highest BCUT2D eigenvalue weighted by atomic mass is 35.5. The highest BCUT2D eigenvalue weighted by Crippen LogP contribution is 2.32. The normalized spacial score (nSPS) is 18.9. The fourth-order valence-corrected chi connectivity index (χ4v) is 4.27. The van der Waals surface area contributed by atoms with Crippen LogP contribution in [-0.4, -0.2) is 23.5 Å². The number of fused-ring (bicyclic) bond motifs is 1. The van der Waals surface area contributed by atoms with E-state index in [0.717, 1.165) is 46.7 Å². The Bertz CT molecular complexity index is 1060. The summed E-state index contributed by atoms with van der Waals surface area (Å²) in [5, 5.41) is 4.70. The van der Waals surface area contributed by atoms with Gasteiger partial charge in [-0.2, -0.15) is 0 Å². The Morgan fingerprint density at radius 2 is 1.93 bits per heavy atom. The summed E-state index contributed by atoms with van der Waals surface area (Å²) in [5.74, 6) is 1.45. The SMILES string of the molecule is CCOc1cc(-c2cccc(Cl)c2)nc2ccc(C(=O)NC3CCC(C)CC3)cc12. The minimum Gasteiger partial charge on any atom is -0.493 e. The van der Waals surface area contributed by atoms with E-state index in [1.54, 1.807) is 0 Å². The predicted molar refractivity (Wildman–Crippen MR) is 122 cm³/mol. The second kappa shape index (κ2) is 9.05. The molecular formula is C25H27ClN2O2. The minimum absolute atomic E-state index is 0.0298. The Morgan fingerprint density at radius 3 is 2.67 bits per heavy atom. The van der Waals surface area contributed by atoms with Crippen LogP contribution in [0.4, 0.5) is 0 Å². The van der Waals surface area contributed by atoms with Crippen molar-refractivity contribution in [3.05, 3.63) is 59.1 Å². The monoisotopic (exact) mass is 422 g/mol. The number of halogens is 1. The molecule has 1 aliphatic carbocycles. The van der Waals surface area contributed by atoms with Gasteiger partial charge in [-0.05, 0) is 68.9 Å². The summed E-state index contributed by atoms with van der Waals surface area (Å²) >= 11 is 6.15. The molecule has 1 aliphatic rings.